The van der Waals surface area contributed by atoms with Crippen molar-refractivity contribution in [3.63, 3.8) is 0 Å². The van der Waals surface area contributed by atoms with E-state index in [1.807, 2.05) is 18.5 Å². The minimum Gasteiger partial charge on any atom is -0.378 e. The van der Waals surface area contributed by atoms with Gasteiger partial charge in [0.2, 0.25) is 0 Å². The third-order valence-electron chi connectivity index (χ3n) is 4.77. The lowest BCUT2D eigenvalue weighted by Gasteiger charge is -2.59. The molecule has 20 heavy (non-hydrogen) atoms. The van der Waals surface area contributed by atoms with E-state index in [4.69, 9.17) is 10.5 Å². The van der Waals surface area contributed by atoms with Crippen molar-refractivity contribution >= 4 is 11.3 Å². The molecular formula is C15H27N3OS. The molecule has 1 aliphatic carbocycles. The second-order valence-electron chi connectivity index (χ2n) is 6.43. The molecule has 3 unspecified atom stereocenters. The van der Waals surface area contributed by atoms with Crippen LogP contribution in [0.4, 0.5) is 0 Å². The van der Waals surface area contributed by atoms with Crippen LogP contribution in [-0.2, 0) is 4.74 Å². The zero-order valence-corrected chi connectivity index (χ0v) is 13.8. The van der Waals surface area contributed by atoms with Crippen LogP contribution in [0.25, 0.3) is 0 Å². The fraction of sp³-hybridized carbons (Fsp3) is 0.800. The Morgan fingerprint density at radius 2 is 2.35 bits per heavy atom. The maximum Gasteiger partial charge on any atom is 0.0965 e. The number of ether oxygens (including phenoxy) is 1. The first kappa shape index (κ1) is 15.9. The summed E-state index contributed by atoms with van der Waals surface area (Å²) in [6.45, 7) is 11.2. The van der Waals surface area contributed by atoms with Crippen LogP contribution in [0.1, 0.15) is 45.0 Å². The zero-order valence-electron chi connectivity index (χ0n) is 13.0. The van der Waals surface area contributed by atoms with Crippen molar-refractivity contribution in [1.29, 1.82) is 0 Å². The van der Waals surface area contributed by atoms with Crippen molar-refractivity contribution in [2.24, 2.45) is 11.1 Å². The molecule has 0 amide bonds. The predicted octanol–water partition coefficient (Wildman–Crippen LogP) is 2.37. The van der Waals surface area contributed by atoms with Gasteiger partial charge < -0.3 is 15.8 Å². The van der Waals surface area contributed by atoms with Crippen molar-refractivity contribution in [2.45, 2.75) is 51.7 Å². The zero-order chi connectivity index (χ0) is 14.8. The van der Waals surface area contributed by atoms with Gasteiger partial charge in [-0.2, -0.15) is 0 Å². The lowest BCUT2D eigenvalue weighted by atomic mass is 9.54. The van der Waals surface area contributed by atoms with E-state index in [0.29, 0.717) is 5.92 Å². The number of aromatic nitrogens is 1. The summed E-state index contributed by atoms with van der Waals surface area (Å²) >= 11 is 1.71. The Morgan fingerprint density at radius 1 is 1.60 bits per heavy atom. The van der Waals surface area contributed by atoms with E-state index in [0.717, 1.165) is 26.1 Å². The highest BCUT2D eigenvalue weighted by molar-refractivity contribution is 7.09. The number of rotatable bonds is 7. The van der Waals surface area contributed by atoms with Crippen LogP contribution in [0.5, 0.6) is 0 Å². The molecule has 1 heterocycles. The Morgan fingerprint density at radius 3 is 2.90 bits per heavy atom. The quantitative estimate of drug-likeness (QED) is 0.811. The highest BCUT2D eigenvalue weighted by Gasteiger charge is 2.58. The van der Waals surface area contributed by atoms with Crippen LogP contribution in [-0.4, -0.2) is 36.3 Å². The maximum atomic E-state index is 6.55. The highest BCUT2D eigenvalue weighted by atomic mass is 32.1. The lowest BCUT2D eigenvalue weighted by molar-refractivity contribution is -0.148. The molecule has 0 aromatic carbocycles. The normalized spacial score (nSPS) is 29.9. The van der Waals surface area contributed by atoms with E-state index >= 15 is 0 Å². The summed E-state index contributed by atoms with van der Waals surface area (Å²) in [4.78, 5) is 4.36. The van der Waals surface area contributed by atoms with E-state index in [1.54, 1.807) is 11.3 Å². The molecule has 1 aromatic heterocycles. The van der Waals surface area contributed by atoms with E-state index in [9.17, 15) is 0 Å². The average molecular weight is 297 g/mol. The average Bonchev–Trinajstić information content (AvgIpc) is 2.92. The number of nitrogens with one attached hydrogen (secondary N) is 1. The summed E-state index contributed by atoms with van der Waals surface area (Å²) in [7, 11) is 0. The molecule has 114 valence electrons. The smallest absolute Gasteiger partial charge is 0.0965 e. The summed E-state index contributed by atoms with van der Waals surface area (Å²) in [5, 5.41) is 6.73. The molecule has 4 nitrogen and oxygen atoms in total. The second-order valence-corrected chi connectivity index (χ2v) is 7.35. The largest absolute Gasteiger partial charge is 0.378 e. The monoisotopic (exact) mass is 297 g/mol. The van der Waals surface area contributed by atoms with Crippen LogP contribution in [0, 0.1) is 5.41 Å². The van der Waals surface area contributed by atoms with Crippen molar-refractivity contribution in [1.82, 2.24) is 10.3 Å². The molecule has 2 rings (SSSR count). The highest BCUT2D eigenvalue weighted by Crippen LogP contribution is 2.49. The van der Waals surface area contributed by atoms with E-state index in [2.05, 4.69) is 31.1 Å². The minimum atomic E-state index is -0.171. The summed E-state index contributed by atoms with van der Waals surface area (Å²) in [6.07, 6.45) is 3.09. The van der Waals surface area contributed by atoms with Crippen LogP contribution < -0.4 is 11.1 Å². The molecule has 0 spiro atoms. The molecule has 1 saturated carbocycles. The number of hydrogen-bond acceptors (Lipinski definition) is 5. The second kappa shape index (κ2) is 6.10. The van der Waals surface area contributed by atoms with Gasteiger partial charge in [0.05, 0.1) is 11.1 Å². The molecular weight excluding hydrogens is 270 g/mol. The van der Waals surface area contributed by atoms with Gasteiger partial charge in [-0.3, -0.25) is 0 Å². The van der Waals surface area contributed by atoms with Gasteiger partial charge >= 0.3 is 0 Å². The first-order valence-corrected chi connectivity index (χ1v) is 8.29. The summed E-state index contributed by atoms with van der Waals surface area (Å²) in [5.74, 6) is 0.435. The number of nitrogens with zero attached hydrogens (tertiary/aromatic N) is 1. The van der Waals surface area contributed by atoms with E-state index in [-0.39, 0.29) is 17.1 Å². The minimum absolute atomic E-state index is 0.0282. The fourth-order valence-electron chi connectivity index (χ4n) is 2.88. The predicted molar refractivity (Wildman–Crippen MR) is 84.1 cm³/mol. The molecule has 3 atom stereocenters. The van der Waals surface area contributed by atoms with Gasteiger partial charge in [-0.05, 0) is 13.3 Å². The van der Waals surface area contributed by atoms with Crippen LogP contribution in [0.2, 0.25) is 0 Å². The third kappa shape index (κ3) is 2.91. The molecule has 5 heteroatoms. The number of hydrogen-bond donors (Lipinski definition) is 2. The molecule has 1 fully saturated rings. The van der Waals surface area contributed by atoms with Gasteiger partial charge in [0, 0.05) is 48.1 Å². The van der Waals surface area contributed by atoms with Gasteiger partial charge in [-0.15, -0.1) is 11.3 Å². The summed E-state index contributed by atoms with van der Waals surface area (Å²) in [6, 6.07) is 0. The Hall–Kier alpha value is -0.490. The molecule has 0 radical (unpaired) electrons. The molecule has 3 N–H and O–H groups in total. The van der Waals surface area contributed by atoms with E-state index < -0.39 is 0 Å². The van der Waals surface area contributed by atoms with Gasteiger partial charge in [0.15, 0.2) is 0 Å². The van der Waals surface area contributed by atoms with Crippen LogP contribution in [0.15, 0.2) is 11.6 Å². The van der Waals surface area contributed by atoms with Gasteiger partial charge in [-0.25, -0.2) is 4.98 Å². The van der Waals surface area contributed by atoms with Crippen LogP contribution in [0.3, 0.4) is 0 Å². The standard InChI is InChI=1S/C15H27N3OS/c1-5-19-12-8-15(16,14(12,3)4)10-17-9-11(2)13-18-6-7-20-13/h6-7,11-12,17H,5,8-10,16H2,1-4H3. The Balaban J connectivity index is 1.80. The van der Waals surface area contributed by atoms with E-state index in [1.165, 1.54) is 5.01 Å². The Kier molecular flexibility index (Phi) is 4.84. The topological polar surface area (TPSA) is 60.2 Å². The lowest BCUT2D eigenvalue weighted by Crippen LogP contribution is -2.73. The Bertz CT molecular complexity index is 421. The number of nitrogens with two attached hydrogens (primary N) is 1. The molecule has 1 aromatic rings. The first-order valence-electron chi connectivity index (χ1n) is 7.41. The van der Waals surface area contributed by atoms with Crippen molar-refractivity contribution < 1.29 is 4.74 Å². The van der Waals surface area contributed by atoms with Crippen molar-refractivity contribution in [3.8, 4) is 0 Å². The van der Waals surface area contributed by atoms with Gasteiger partial charge in [0.25, 0.3) is 0 Å². The van der Waals surface area contributed by atoms with Gasteiger partial charge in [-0.1, -0.05) is 20.8 Å². The SMILES string of the molecule is CCOC1CC(N)(CNCC(C)c2nccs2)C1(C)C. The third-order valence-corrected chi connectivity index (χ3v) is 5.78. The summed E-state index contributed by atoms with van der Waals surface area (Å²) in [5.41, 5.74) is 6.41. The summed E-state index contributed by atoms with van der Waals surface area (Å²) < 4.78 is 5.76. The van der Waals surface area contributed by atoms with Crippen LogP contribution >= 0.6 is 11.3 Å². The molecule has 0 aliphatic heterocycles. The Labute approximate surface area is 126 Å². The van der Waals surface area contributed by atoms with Gasteiger partial charge in [0.1, 0.15) is 0 Å². The molecule has 0 saturated heterocycles. The molecule has 0 bridgehead atoms. The van der Waals surface area contributed by atoms with Crippen molar-refractivity contribution in [3.05, 3.63) is 16.6 Å². The fourth-order valence-corrected chi connectivity index (χ4v) is 3.58. The first-order chi connectivity index (χ1) is 9.40. The molecule has 1 aliphatic rings. The van der Waals surface area contributed by atoms with Crippen molar-refractivity contribution in [2.75, 3.05) is 19.7 Å². The maximum absolute atomic E-state index is 6.55. The number of thiazole rings is 1.